The molecule has 100 valence electrons. The van der Waals surface area contributed by atoms with E-state index in [1.165, 1.54) is 12.3 Å². The van der Waals surface area contributed by atoms with E-state index >= 15 is 0 Å². The number of nitrogens with zero attached hydrogens (tertiary/aromatic N) is 2. The van der Waals surface area contributed by atoms with E-state index in [-0.39, 0.29) is 5.82 Å². The van der Waals surface area contributed by atoms with Gasteiger partial charge in [-0.15, -0.1) is 0 Å². The summed E-state index contributed by atoms with van der Waals surface area (Å²) in [6.07, 6.45) is 3.50. The van der Waals surface area contributed by atoms with E-state index in [0.29, 0.717) is 11.6 Å². The van der Waals surface area contributed by atoms with Crippen LogP contribution in [0, 0.1) is 18.7 Å². The minimum Gasteiger partial charge on any atom is -0.344 e. The molecule has 0 bridgehead atoms. The normalized spacial score (nSPS) is 18.3. The van der Waals surface area contributed by atoms with Gasteiger partial charge in [-0.25, -0.2) is 9.37 Å². The molecule has 0 aliphatic heterocycles. The molecule has 0 saturated heterocycles. The Morgan fingerprint density at radius 2 is 2.16 bits per heavy atom. The molecule has 2 aromatic rings. The summed E-state index contributed by atoms with van der Waals surface area (Å²) in [4.78, 5) is 11.9. The molecule has 3 N–H and O–H groups in total. The topological polar surface area (TPSA) is 67.6 Å². The first-order valence-corrected chi connectivity index (χ1v) is 6.46. The van der Waals surface area contributed by atoms with E-state index in [1.54, 1.807) is 6.07 Å². The summed E-state index contributed by atoms with van der Waals surface area (Å²) >= 11 is 0. The number of H-pyrrole nitrogens is 1. The molecular formula is C14H17FN4. The van der Waals surface area contributed by atoms with Crippen molar-refractivity contribution in [1.82, 2.24) is 15.0 Å². The van der Waals surface area contributed by atoms with Crippen molar-refractivity contribution in [1.29, 1.82) is 0 Å². The molecule has 2 heterocycles. The van der Waals surface area contributed by atoms with Crippen molar-refractivity contribution in [2.24, 2.45) is 11.7 Å². The lowest BCUT2D eigenvalue weighted by Gasteiger charge is -2.21. The van der Waals surface area contributed by atoms with E-state index < -0.39 is 5.54 Å². The molecule has 3 rings (SSSR count). The van der Waals surface area contributed by atoms with Crippen LogP contribution in [0.1, 0.15) is 31.3 Å². The number of halogens is 1. The standard InChI is InChI=1S/C14H17FN4/c1-8-12(11-6-5-10(15)7-17-11)19-13(18-8)14(2,16)9-3-4-9/h5-7,9H,3-4,16H2,1-2H3,(H,18,19). The summed E-state index contributed by atoms with van der Waals surface area (Å²) in [5, 5.41) is 0. The van der Waals surface area contributed by atoms with Crippen molar-refractivity contribution < 1.29 is 4.39 Å². The van der Waals surface area contributed by atoms with Crippen molar-refractivity contribution in [3.8, 4) is 11.4 Å². The van der Waals surface area contributed by atoms with E-state index in [9.17, 15) is 4.39 Å². The van der Waals surface area contributed by atoms with Gasteiger partial charge in [0.15, 0.2) is 0 Å². The number of aromatic nitrogens is 3. The molecule has 1 aliphatic rings. The molecule has 0 radical (unpaired) electrons. The molecule has 4 nitrogen and oxygen atoms in total. The maximum atomic E-state index is 12.9. The van der Waals surface area contributed by atoms with Gasteiger partial charge in [0.1, 0.15) is 17.3 Å². The molecule has 5 heteroatoms. The van der Waals surface area contributed by atoms with Gasteiger partial charge in [0.05, 0.1) is 17.4 Å². The predicted molar refractivity (Wildman–Crippen MR) is 70.8 cm³/mol. The van der Waals surface area contributed by atoms with Crippen LogP contribution in [0.5, 0.6) is 0 Å². The van der Waals surface area contributed by atoms with Crippen LogP contribution < -0.4 is 5.73 Å². The lowest BCUT2D eigenvalue weighted by molar-refractivity contribution is 0.404. The van der Waals surface area contributed by atoms with Gasteiger partial charge in [0.2, 0.25) is 0 Å². The van der Waals surface area contributed by atoms with Crippen molar-refractivity contribution >= 4 is 0 Å². The van der Waals surface area contributed by atoms with Gasteiger partial charge in [-0.05, 0) is 44.7 Å². The Hall–Kier alpha value is -1.75. The van der Waals surface area contributed by atoms with Gasteiger partial charge >= 0.3 is 0 Å². The number of imidazole rings is 1. The minimum atomic E-state index is -0.428. The fourth-order valence-corrected chi connectivity index (χ4v) is 2.36. The summed E-state index contributed by atoms with van der Waals surface area (Å²) in [6, 6.07) is 3.02. The summed E-state index contributed by atoms with van der Waals surface area (Å²) in [7, 11) is 0. The van der Waals surface area contributed by atoms with Gasteiger partial charge in [-0.2, -0.15) is 0 Å². The number of hydrogen-bond acceptors (Lipinski definition) is 3. The quantitative estimate of drug-likeness (QED) is 0.891. The highest BCUT2D eigenvalue weighted by atomic mass is 19.1. The first-order chi connectivity index (χ1) is 8.98. The molecule has 0 aromatic carbocycles. The second-order valence-electron chi connectivity index (χ2n) is 5.48. The van der Waals surface area contributed by atoms with Crippen LogP contribution in [0.15, 0.2) is 18.3 Å². The zero-order chi connectivity index (χ0) is 13.6. The number of aryl methyl sites for hydroxylation is 1. The smallest absolute Gasteiger partial charge is 0.141 e. The van der Waals surface area contributed by atoms with Crippen molar-refractivity contribution in [2.45, 2.75) is 32.2 Å². The maximum Gasteiger partial charge on any atom is 0.141 e. The fraction of sp³-hybridized carbons (Fsp3) is 0.429. The van der Waals surface area contributed by atoms with Crippen LogP contribution in [0.25, 0.3) is 11.4 Å². The molecule has 0 spiro atoms. The Kier molecular flexibility index (Phi) is 2.67. The Bertz CT molecular complexity index is 596. The molecule has 2 aromatic heterocycles. The summed E-state index contributed by atoms with van der Waals surface area (Å²) in [5.74, 6) is 0.930. The van der Waals surface area contributed by atoms with Crippen LogP contribution in [0.4, 0.5) is 4.39 Å². The SMILES string of the molecule is Cc1[nH]c(C(C)(N)C2CC2)nc1-c1ccc(F)cn1. The third-order valence-electron chi connectivity index (χ3n) is 3.79. The van der Waals surface area contributed by atoms with E-state index in [2.05, 4.69) is 15.0 Å². The predicted octanol–water partition coefficient (Wildman–Crippen LogP) is 2.50. The van der Waals surface area contributed by atoms with E-state index in [0.717, 1.165) is 30.1 Å². The van der Waals surface area contributed by atoms with Gasteiger partial charge in [0.25, 0.3) is 0 Å². The average Bonchev–Trinajstić information content (AvgIpc) is 3.15. The zero-order valence-electron chi connectivity index (χ0n) is 11.1. The van der Waals surface area contributed by atoms with E-state index in [4.69, 9.17) is 5.73 Å². The highest BCUT2D eigenvalue weighted by Gasteiger charge is 2.42. The largest absolute Gasteiger partial charge is 0.344 e. The summed E-state index contributed by atoms with van der Waals surface area (Å²) in [5.41, 5.74) is 8.24. The van der Waals surface area contributed by atoms with Crippen molar-refractivity contribution in [3.05, 3.63) is 35.7 Å². The Morgan fingerprint density at radius 3 is 2.74 bits per heavy atom. The van der Waals surface area contributed by atoms with Crippen molar-refractivity contribution in [3.63, 3.8) is 0 Å². The molecule has 19 heavy (non-hydrogen) atoms. The monoisotopic (exact) mass is 260 g/mol. The van der Waals surface area contributed by atoms with Crippen LogP contribution >= 0.6 is 0 Å². The van der Waals surface area contributed by atoms with Crippen LogP contribution in [-0.2, 0) is 5.54 Å². The van der Waals surface area contributed by atoms with Crippen LogP contribution in [0.2, 0.25) is 0 Å². The molecular weight excluding hydrogens is 243 g/mol. The highest BCUT2D eigenvalue weighted by Crippen LogP contribution is 2.43. The van der Waals surface area contributed by atoms with Gasteiger partial charge in [-0.3, -0.25) is 4.98 Å². The minimum absolute atomic E-state index is 0.348. The Balaban J connectivity index is 1.99. The van der Waals surface area contributed by atoms with E-state index in [1.807, 2.05) is 13.8 Å². The molecule has 1 aliphatic carbocycles. The first kappa shape index (κ1) is 12.3. The average molecular weight is 260 g/mol. The number of rotatable bonds is 3. The number of nitrogens with one attached hydrogen (secondary N) is 1. The molecule has 1 unspecified atom stereocenters. The van der Waals surface area contributed by atoms with Gasteiger partial charge in [-0.1, -0.05) is 0 Å². The maximum absolute atomic E-state index is 12.9. The third-order valence-corrected chi connectivity index (χ3v) is 3.79. The Labute approximate surface area is 111 Å². The second kappa shape index (κ2) is 4.13. The third kappa shape index (κ3) is 2.14. The number of hydrogen-bond donors (Lipinski definition) is 2. The highest BCUT2D eigenvalue weighted by molar-refractivity contribution is 5.57. The van der Waals surface area contributed by atoms with Crippen LogP contribution in [0.3, 0.4) is 0 Å². The molecule has 1 saturated carbocycles. The molecule has 1 fully saturated rings. The first-order valence-electron chi connectivity index (χ1n) is 6.46. The molecule has 0 amide bonds. The second-order valence-corrected chi connectivity index (χ2v) is 5.48. The van der Waals surface area contributed by atoms with Gasteiger partial charge < -0.3 is 10.7 Å². The number of nitrogens with two attached hydrogens (primary N) is 1. The molecule has 1 atom stereocenters. The lowest BCUT2D eigenvalue weighted by Crippen LogP contribution is -2.36. The fourth-order valence-electron chi connectivity index (χ4n) is 2.36. The lowest BCUT2D eigenvalue weighted by atomic mass is 9.97. The van der Waals surface area contributed by atoms with Crippen molar-refractivity contribution in [2.75, 3.05) is 0 Å². The Morgan fingerprint density at radius 1 is 1.42 bits per heavy atom. The number of aromatic amines is 1. The van der Waals surface area contributed by atoms with Crippen LogP contribution in [-0.4, -0.2) is 15.0 Å². The summed E-state index contributed by atoms with van der Waals surface area (Å²) in [6.45, 7) is 3.94. The number of pyridine rings is 1. The summed E-state index contributed by atoms with van der Waals surface area (Å²) < 4.78 is 12.9. The van der Waals surface area contributed by atoms with Gasteiger partial charge in [0, 0.05) is 5.69 Å². The zero-order valence-corrected chi connectivity index (χ0v) is 11.1.